The SMILES string of the molecule is CCN(CC)S(=O)(=O)N1CCC(Br)C1. The summed E-state index contributed by atoms with van der Waals surface area (Å²) < 4.78 is 27.0. The highest BCUT2D eigenvalue weighted by molar-refractivity contribution is 9.09. The van der Waals surface area contributed by atoms with Crippen molar-refractivity contribution in [3.05, 3.63) is 0 Å². The third kappa shape index (κ3) is 2.48. The first-order chi connectivity index (χ1) is 6.52. The summed E-state index contributed by atoms with van der Waals surface area (Å²) in [6.07, 6.45) is 0.903. The number of nitrogens with zero attached hydrogens (tertiary/aromatic N) is 2. The van der Waals surface area contributed by atoms with Crippen LogP contribution < -0.4 is 0 Å². The second kappa shape index (κ2) is 4.92. The molecule has 0 aliphatic carbocycles. The van der Waals surface area contributed by atoms with Gasteiger partial charge in [-0.05, 0) is 6.42 Å². The fraction of sp³-hybridized carbons (Fsp3) is 1.00. The molecule has 6 heteroatoms. The van der Waals surface area contributed by atoms with Crippen LogP contribution in [0.15, 0.2) is 0 Å². The molecule has 1 aliphatic rings. The molecule has 1 saturated heterocycles. The number of rotatable bonds is 4. The lowest BCUT2D eigenvalue weighted by atomic mass is 10.4. The zero-order chi connectivity index (χ0) is 10.8. The monoisotopic (exact) mass is 284 g/mol. The second-order valence-electron chi connectivity index (χ2n) is 3.34. The van der Waals surface area contributed by atoms with Gasteiger partial charge in [-0.2, -0.15) is 17.0 Å². The molecule has 0 amide bonds. The van der Waals surface area contributed by atoms with Gasteiger partial charge in [-0.3, -0.25) is 0 Å². The summed E-state index contributed by atoms with van der Waals surface area (Å²) in [7, 11) is -3.20. The summed E-state index contributed by atoms with van der Waals surface area (Å²) >= 11 is 3.44. The number of hydrogen-bond acceptors (Lipinski definition) is 2. The molecule has 0 N–H and O–H groups in total. The van der Waals surface area contributed by atoms with Crippen molar-refractivity contribution in [3.8, 4) is 0 Å². The minimum absolute atomic E-state index is 0.313. The molecule has 0 saturated carbocycles. The van der Waals surface area contributed by atoms with E-state index in [9.17, 15) is 8.42 Å². The Hall–Kier alpha value is 0.350. The van der Waals surface area contributed by atoms with E-state index in [0.717, 1.165) is 6.42 Å². The Balaban J connectivity index is 2.74. The molecule has 1 unspecified atom stereocenters. The molecule has 1 aliphatic heterocycles. The first-order valence-electron chi connectivity index (χ1n) is 4.91. The molecule has 84 valence electrons. The van der Waals surface area contributed by atoms with Crippen LogP contribution in [0.2, 0.25) is 0 Å². The first-order valence-corrected chi connectivity index (χ1v) is 7.22. The molecular weight excluding hydrogens is 268 g/mol. The molecule has 1 rings (SSSR count). The van der Waals surface area contributed by atoms with Crippen molar-refractivity contribution in [1.29, 1.82) is 0 Å². The zero-order valence-electron chi connectivity index (χ0n) is 8.61. The third-order valence-corrected chi connectivity index (χ3v) is 5.35. The van der Waals surface area contributed by atoms with Gasteiger partial charge < -0.3 is 0 Å². The van der Waals surface area contributed by atoms with Crippen LogP contribution in [0.5, 0.6) is 0 Å². The predicted molar refractivity (Wildman–Crippen MR) is 60.7 cm³/mol. The van der Waals surface area contributed by atoms with Crippen molar-refractivity contribution in [2.24, 2.45) is 0 Å². The molecule has 14 heavy (non-hydrogen) atoms. The molecule has 1 heterocycles. The van der Waals surface area contributed by atoms with Gasteiger partial charge in [0, 0.05) is 31.0 Å². The van der Waals surface area contributed by atoms with Crippen molar-refractivity contribution < 1.29 is 8.42 Å². The lowest BCUT2D eigenvalue weighted by molar-refractivity contribution is 0.380. The van der Waals surface area contributed by atoms with Crippen LogP contribution in [0.1, 0.15) is 20.3 Å². The van der Waals surface area contributed by atoms with Gasteiger partial charge in [0.25, 0.3) is 10.2 Å². The molecule has 1 atom stereocenters. The average Bonchev–Trinajstić information content (AvgIpc) is 2.54. The maximum atomic E-state index is 12.0. The second-order valence-corrected chi connectivity index (χ2v) is 6.56. The number of halogens is 1. The third-order valence-electron chi connectivity index (χ3n) is 2.45. The fourth-order valence-electron chi connectivity index (χ4n) is 1.61. The van der Waals surface area contributed by atoms with Crippen LogP contribution in [-0.2, 0) is 10.2 Å². The highest BCUT2D eigenvalue weighted by Gasteiger charge is 2.33. The Morgan fingerprint density at radius 3 is 2.36 bits per heavy atom. The van der Waals surface area contributed by atoms with Crippen LogP contribution in [-0.4, -0.2) is 48.0 Å². The minimum atomic E-state index is -3.20. The Kier molecular flexibility index (Phi) is 4.36. The van der Waals surface area contributed by atoms with Gasteiger partial charge in [0.2, 0.25) is 0 Å². The lowest BCUT2D eigenvalue weighted by Crippen LogP contribution is -2.42. The zero-order valence-corrected chi connectivity index (χ0v) is 11.0. The van der Waals surface area contributed by atoms with E-state index < -0.39 is 10.2 Å². The van der Waals surface area contributed by atoms with Crippen LogP contribution in [0.3, 0.4) is 0 Å². The molecule has 1 fully saturated rings. The van der Waals surface area contributed by atoms with E-state index in [1.165, 1.54) is 4.31 Å². The van der Waals surface area contributed by atoms with Crippen LogP contribution >= 0.6 is 15.9 Å². The van der Waals surface area contributed by atoms with Crippen LogP contribution in [0.25, 0.3) is 0 Å². The molecule has 0 radical (unpaired) electrons. The topological polar surface area (TPSA) is 40.6 Å². The molecular formula is C8H17BrN2O2S. The number of hydrogen-bond donors (Lipinski definition) is 0. The van der Waals surface area contributed by atoms with Crippen molar-refractivity contribution >= 4 is 26.1 Å². The Morgan fingerprint density at radius 1 is 1.43 bits per heavy atom. The van der Waals surface area contributed by atoms with Gasteiger partial charge in [0.05, 0.1) is 0 Å². The van der Waals surface area contributed by atoms with E-state index >= 15 is 0 Å². The largest absolute Gasteiger partial charge is 0.281 e. The molecule has 0 aromatic heterocycles. The van der Waals surface area contributed by atoms with E-state index in [2.05, 4.69) is 15.9 Å². The van der Waals surface area contributed by atoms with Crippen LogP contribution in [0, 0.1) is 0 Å². The van der Waals surface area contributed by atoms with Gasteiger partial charge in [0.15, 0.2) is 0 Å². The van der Waals surface area contributed by atoms with Crippen molar-refractivity contribution in [1.82, 2.24) is 8.61 Å². The smallest absolute Gasteiger partial charge is 0.195 e. The maximum absolute atomic E-state index is 12.0. The van der Waals surface area contributed by atoms with Gasteiger partial charge in [-0.1, -0.05) is 29.8 Å². The normalized spacial score (nSPS) is 24.7. The summed E-state index contributed by atoms with van der Waals surface area (Å²) in [5.74, 6) is 0. The van der Waals surface area contributed by atoms with E-state index in [1.807, 2.05) is 13.8 Å². The van der Waals surface area contributed by atoms with E-state index in [0.29, 0.717) is 31.0 Å². The summed E-state index contributed by atoms with van der Waals surface area (Å²) in [6, 6.07) is 0. The van der Waals surface area contributed by atoms with E-state index in [1.54, 1.807) is 4.31 Å². The fourth-order valence-corrected chi connectivity index (χ4v) is 4.04. The van der Waals surface area contributed by atoms with Gasteiger partial charge in [-0.25, -0.2) is 0 Å². The maximum Gasteiger partial charge on any atom is 0.281 e. The molecule has 0 spiro atoms. The molecule has 0 aromatic rings. The van der Waals surface area contributed by atoms with E-state index in [-0.39, 0.29) is 0 Å². The Labute approximate surface area is 94.6 Å². The van der Waals surface area contributed by atoms with Gasteiger partial charge in [-0.15, -0.1) is 0 Å². The van der Waals surface area contributed by atoms with Gasteiger partial charge >= 0.3 is 0 Å². The average molecular weight is 285 g/mol. The van der Waals surface area contributed by atoms with Crippen LogP contribution in [0.4, 0.5) is 0 Å². The lowest BCUT2D eigenvalue weighted by Gasteiger charge is -2.24. The standard InChI is InChI=1S/C8H17BrN2O2S/c1-3-10(4-2)14(12,13)11-6-5-8(9)7-11/h8H,3-7H2,1-2H3. The predicted octanol–water partition coefficient (Wildman–Crippen LogP) is 1.04. The molecule has 0 aromatic carbocycles. The summed E-state index contributed by atoms with van der Waals surface area (Å²) in [5.41, 5.74) is 0. The van der Waals surface area contributed by atoms with E-state index in [4.69, 9.17) is 0 Å². The summed E-state index contributed by atoms with van der Waals surface area (Å²) in [5, 5.41) is 0. The quantitative estimate of drug-likeness (QED) is 0.724. The summed E-state index contributed by atoms with van der Waals surface area (Å²) in [6.45, 7) is 6.05. The highest BCUT2D eigenvalue weighted by atomic mass is 79.9. The minimum Gasteiger partial charge on any atom is -0.195 e. The molecule has 0 bridgehead atoms. The highest BCUT2D eigenvalue weighted by Crippen LogP contribution is 2.21. The summed E-state index contributed by atoms with van der Waals surface area (Å²) in [4.78, 5) is 0.313. The molecule has 4 nitrogen and oxygen atoms in total. The first kappa shape index (κ1) is 12.4. The Morgan fingerprint density at radius 2 is 2.00 bits per heavy atom. The van der Waals surface area contributed by atoms with Crippen molar-refractivity contribution in [2.75, 3.05) is 26.2 Å². The van der Waals surface area contributed by atoms with Crippen molar-refractivity contribution in [3.63, 3.8) is 0 Å². The van der Waals surface area contributed by atoms with Crippen molar-refractivity contribution in [2.45, 2.75) is 25.1 Å². The number of alkyl halides is 1. The Bertz CT molecular complexity index is 277. The van der Waals surface area contributed by atoms with Gasteiger partial charge in [0.1, 0.15) is 0 Å².